The van der Waals surface area contributed by atoms with Crippen LogP contribution in [0.4, 0.5) is 0 Å². The van der Waals surface area contributed by atoms with Crippen molar-refractivity contribution >= 4 is 32.6 Å². The zero-order chi connectivity index (χ0) is 17.5. The molecule has 0 unspecified atom stereocenters. The normalized spacial score (nSPS) is 19.9. The molecular weight excluding hydrogens is 340 g/mol. The van der Waals surface area contributed by atoms with E-state index in [1.54, 1.807) is 11.3 Å². The van der Waals surface area contributed by atoms with Gasteiger partial charge in [-0.1, -0.05) is 12.8 Å². The van der Waals surface area contributed by atoms with E-state index in [1.807, 2.05) is 0 Å². The van der Waals surface area contributed by atoms with E-state index in [4.69, 9.17) is 9.97 Å². The summed E-state index contributed by atoms with van der Waals surface area (Å²) in [6.45, 7) is 5.61. The molecule has 2 aliphatic rings. The number of piperidine rings is 1. The largest absolute Gasteiger partial charge is 0.327 e. The Balaban J connectivity index is 1.60. The molecule has 4 heterocycles. The van der Waals surface area contributed by atoms with Crippen LogP contribution in [0.15, 0.2) is 11.4 Å². The fourth-order valence-corrected chi connectivity index (χ4v) is 5.79. The molecule has 1 aliphatic heterocycles. The van der Waals surface area contributed by atoms with Gasteiger partial charge < -0.3 is 9.88 Å². The summed E-state index contributed by atoms with van der Waals surface area (Å²) in [7, 11) is 0. The molecule has 26 heavy (non-hydrogen) atoms. The Morgan fingerprint density at radius 2 is 1.96 bits per heavy atom. The third kappa shape index (κ3) is 2.85. The molecule has 2 fully saturated rings. The number of thiophene rings is 1. The second-order valence-electron chi connectivity index (χ2n) is 8.12. The summed E-state index contributed by atoms with van der Waals surface area (Å²) in [5.41, 5.74) is 3.59. The molecule has 0 amide bonds. The smallest absolute Gasteiger partial charge is 0.125 e. The van der Waals surface area contributed by atoms with Gasteiger partial charge in [0.2, 0.25) is 0 Å². The van der Waals surface area contributed by atoms with Gasteiger partial charge in [0.1, 0.15) is 16.2 Å². The number of imidazole rings is 1. The SMILES string of the molecule is Cc1nc2sccc2c2c1nc(C1CCCC1)n2CCC1CCNCC1. The second-order valence-corrected chi connectivity index (χ2v) is 9.01. The number of nitrogens with zero attached hydrogens (tertiary/aromatic N) is 3. The summed E-state index contributed by atoms with van der Waals surface area (Å²) in [5, 5.41) is 6.98. The number of hydrogen-bond acceptors (Lipinski definition) is 4. The molecule has 0 radical (unpaired) electrons. The van der Waals surface area contributed by atoms with E-state index in [2.05, 4.69) is 28.3 Å². The van der Waals surface area contributed by atoms with Crippen molar-refractivity contribution in [2.24, 2.45) is 5.92 Å². The Hall–Kier alpha value is -1.46. The molecule has 1 saturated heterocycles. The van der Waals surface area contributed by atoms with E-state index < -0.39 is 0 Å². The number of aromatic nitrogens is 3. The maximum absolute atomic E-state index is 5.18. The fourth-order valence-electron chi connectivity index (χ4n) is 4.97. The predicted molar refractivity (Wildman–Crippen MR) is 109 cm³/mol. The third-order valence-corrected chi connectivity index (χ3v) is 7.26. The van der Waals surface area contributed by atoms with Crippen LogP contribution in [0.2, 0.25) is 0 Å². The van der Waals surface area contributed by atoms with Crippen molar-refractivity contribution < 1.29 is 0 Å². The highest BCUT2D eigenvalue weighted by atomic mass is 32.1. The molecule has 138 valence electrons. The first-order valence-electron chi connectivity index (χ1n) is 10.3. The van der Waals surface area contributed by atoms with Crippen molar-refractivity contribution in [2.45, 2.75) is 64.3 Å². The van der Waals surface area contributed by atoms with Crippen LogP contribution in [0.25, 0.3) is 21.3 Å². The summed E-state index contributed by atoms with van der Waals surface area (Å²) >= 11 is 1.75. The zero-order valence-corrected chi connectivity index (χ0v) is 16.4. The Bertz CT molecular complexity index is 913. The first-order valence-corrected chi connectivity index (χ1v) is 11.1. The summed E-state index contributed by atoms with van der Waals surface area (Å²) in [6.07, 6.45) is 9.23. The molecule has 5 heteroatoms. The van der Waals surface area contributed by atoms with Crippen LogP contribution >= 0.6 is 11.3 Å². The van der Waals surface area contributed by atoms with Crippen LogP contribution in [0.1, 0.15) is 62.4 Å². The topological polar surface area (TPSA) is 42.7 Å². The quantitative estimate of drug-likeness (QED) is 0.704. The van der Waals surface area contributed by atoms with Gasteiger partial charge in [0.05, 0.1) is 11.2 Å². The molecule has 5 rings (SSSR count). The summed E-state index contributed by atoms with van der Waals surface area (Å²) in [5.74, 6) is 2.84. The van der Waals surface area contributed by atoms with Crippen molar-refractivity contribution in [3.8, 4) is 0 Å². The van der Waals surface area contributed by atoms with Gasteiger partial charge in [0.15, 0.2) is 0 Å². The lowest BCUT2D eigenvalue weighted by Crippen LogP contribution is -2.28. The Morgan fingerprint density at radius 3 is 2.77 bits per heavy atom. The van der Waals surface area contributed by atoms with E-state index in [0.717, 1.165) is 28.5 Å². The standard InChI is InChI=1S/C21H28N4S/c1-14-18-19(17-9-13-26-21(17)23-14)25(12-8-15-6-10-22-11-7-15)20(24-18)16-4-2-3-5-16/h9,13,15-16,22H,2-8,10-12H2,1H3. The van der Waals surface area contributed by atoms with E-state index in [0.29, 0.717) is 5.92 Å². The first kappa shape index (κ1) is 16.7. The Morgan fingerprint density at radius 1 is 1.15 bits per heavy atom. The average Bonchev–Trinajstić information content (AvgIpc) is 3.39. The van der Waals surface area contributed by atoms with Crippen molar-refractivity contribution in [2.75, 3.05) is 13.1 Å². The highest BCUT2D eigenvalue weighted by Gasteiger charge is 2.26. The van der Waals surface area contributed by atoms with Crippen LogP contribution in [-0.4, -0.2) is 27.6 Å². The van der Waals surface area contributed by atoms with E-state index in [9.17, 15) is 0 Å². The lowest BCUT2D eigenvalue weighted by molar-refractivity contribution is 0.336. The number of nitrogens with one attached hydrogen (secondary N) is 1. The third-order valence-electron chi connectivity index (χ3n) is 6.45. The van der Waals surface area contributed by atoms with Gasteiger partial charge in [0.25, 0.3) is 0 Å². The number of fused-ring (bicyclic) bond motifs is 3. The molecule has 1 N–H and O–H groups in total. The highest BCUT2D eigenvalue weighted by Crippen LogP contribution is 2.38. The fraction of sp³-hybridized carbons (Fsp3) is 0.619. The van der Waals surface area contributed by atoms with Crippen LogP contribution in [-0.2, 0) is 6.54 Å². The molecular formula is C21H28N4S. The van der Waals surface area contributed by atoms with Gasteiger partial charge in [-0.2, -0.15) is 0 Å². The Labute approximate surface area is 159 Å². The monoisotopic (exact) mass is 368 g/mol. The van der Waals surface area contributed by atoms with Crippen LogP contribution in [0, 0.1) is 12.8 Å². The number of hydrogen-bond donors (Lipinski definition) is 1. The highest BCUT2D eigenvalue weighted by molar-refractivity contribution is 7.16. The predicted octanol–water partition coefficient (Wildman–Crippen LogP) is 5.00. The minimum Gasteiger partial charge on any atom is -0.327 e. The second kappa shape index (κ2) is 6.93. The van der Waals surface area contributed by atoms with Crippen LogP contribution < -0.4 is 5.32 Å². The molecule has 1 saturated carbocycles. The van der Waals surface area contributed by atoms with Crippen molar-refractivity contribution in [3.05, 3.63) is 23.0 Å². The van der Waals surface area contributed by atoms with Gasteiger partial charge in [-0.3, -0.25) is 0 Å². The van der Waals surface area contributed by atoms with Crippen molar-refractivity contribution in [1.82, 2.24) is 19.9 Å². The molecule has 3 aromatic heterocycles. The average molecular weight is 369 g/mol. The van der Waals surface area contributed by atoms with Gasteiger partial charge in [-0.05, 0) is 69.5 Å². The lowest BCUT2D eigenvalue weighted by Gasteiger charge is -2.23. The number of pyridine rings is 1. The molecule has 0 spiro atoms. The molecule has 4 nitrogen and oxygen atoms in total. The van der Waals surface area contributed by atoms with Gasteiger partial charge in [-0.15, -0.1) is 11.3 Å². The van der Waals surface area contributed by atoms with E-state index >= 15 is 0 Å². The maximum Gasteiger partial charge on any atom is 0.125 e. The number of rotatable bonds is 4. The summed E-state index contributed by atoms with van der Waals surface area (Å²) in [6, 6.07) is 2.25. The summed E-state index contributed by atoms with van der Waals surface area (Å²) in [4.78, 5) is 11.2. The van der Waals surface area contributed by atoms with Crippen molar-refractivity contribution in [1.29, 1.82) is 0 Å². The van der Waals surface area contributed by atoms with E-state index in [1.165, 1.54) is 74.8 Å². The van der Waals surface area contributed by atoms with Crippen molar-refractivity contribution in [3.63, 3.8) is 0 Å². The molecule has 1 aliphatic carbocycles. The van der Waals surface area contributed by atoms with Gasteiger partial charge in [0, 0.05) is 17.8 Å². The lowest BCUT2D eigenvalue weighted by atomic mass is 9.94. The van der Waals surface area contributed by atoms with Crippen LogP contribution in [0.5, 0.6) is 0 Å². The maximum atomic E-state index is 5.18. The number of aryl methyl sites for hydroxylation is 2. The molecule has 0 bridgehead atoms. The zero-order valence-electron chi connectivity index (χ0n) is 15.6. The first-order chi connectivity index (χ1) is 12.8. The molecule has 3 aromatic rings. The van der Waals surface area contributed by atoms with Crippen LogP contribution in [0.3, 0.4) is 0 Å². The minimum absolute atomic E-state index is 0.642. The summed E-state index contributed by atoms with van der Waals surface area (Å²) < 4.78 is 2.59. The molecule has 0 atom stereocenters. The molecule has 0 aromatic carbocycles. The Kier molecular flexibility index (Phi) is 4.45. The van der Waals surface area contributed by atoms with E-state index in [-0.39, 0.29) is 0 Å². The van der Waals surface area contributed by atoms with Gasteiger partial charge >= 0.3 is 0 Å². The minimum atomic E-state index is 0.642. The van der Waals surface area contributed by atoms with Gasteiger partial charge in [-0.25, -0.2) is 9.97 Å².